The van der Waals surface area contributed by atoms with Crippen LogP contribution in [0.1, 0.15) is 11.4 Å². The Bertz CT molecular complexity index is 1160. The van der Waals surface area contributed by atoms with Gasteiger partial charge in [-0.15, -0.1) is 0 Å². The lowest BCUT2D eigenvalue weighted by atomic mass is 10.2. The predicted octanol–water partition coefficient (Wildman–Crippen LogP) is 0.0230. The van der Waals surface area contributed by atoms with Gasteiger partial charge < -0.3 is 9.67 Å². The summed E-state index contributed by atoms with van der Waals surface area (Å²) in [6.07, 6.45) is 4.97. The van der Waals surface area contributed by atoms with Gasteiger partial charge >= 0.3 is 0 Å². The number of benzene rings is 1. The Labute approximate surface area is 141 Å². The number of anilines is 1. The number of aromatic nitrogens is 3. The van der Waals surface area contributed by atoms with E-state index in [1.807, 2.05) is 25.2 Å². The van der Waals surface area contributed by atoms with Crippen molar-refractivity contribution in [3.63, 3.8) is 0 Å². The Hall–Kier alpha value is -3.68. The molecular formula is C17H14N6O2. The summed E-state index contributed by atoms with van der Waals surface area (Å²) in [6.45, 7) is 0. The third-order valence-corrected chi connectivity index (χ3v) is 3.99. The molecule has 0 radical (unpaired) electrons. The van der Waals surface area contributed by atoms with E-state index in [0.717, 1.165) is 0 Å². The van der Waals surface area contributed by atoms with Crippen LogP contribution in [-0.4, -0.2) is 25.5 Å². The van der Waals surface area contributed by atoms with Gasteiger partial charge in [0.1, 0.15) is 16.7 Å². The first-order valence-corrected chi connectivity index (χ1v) is 7.53. The van der Waals surface area contributed by atoms with E-state index in [1.54, 1.807) is 35.2 Å². The van der Waals surface area contributed by atoms with Crippen LogP contribution in [0.25, 0.3) is 6.08 Å². The van der Waals surface area contributed by atoms with E-state index in [4.69, 9.17) is 5.41 Å². The number of fused-ring (bicyclic) bond motifs is 1. The van der Waals surface area contributed by atoms with Gasteiger partial charge in [0.15, 0.2) is 5.84 Å². The second-order valence-electron chi connectivity index (χ2n) is 5.58. The summed E-state index contributed by atoms with van der Waals surface area (Å²) in [5, 5.41) is 24.7. The predicted molar refractivity (Wildman–Crippen MR) is 92.0 cm³/mol. The van der Waals surface area contributed by atoms with Crippen molar-refractivity contribution in [2.24, 2.45) is 12.1 Å². The lowest BCUT2D eigenvalue weighted by molar-refractivity contribution is 0.449. The minimum absolute atomic E-state index is 0.00978. The zero-order valence-electron chi connectivity index (χ0n) is 13.3. The number of pyridine rings is 1. The van der Waals surface area contributed by atoms with Gasteiger partial charge in [-0.25, -0.2) is 9.99 Å². The van der Waals surface area contributed by atoms with Crippen LogP contribution in [0.3, 0.4) is 0 Å². The number of para-hydroxylation sites is 1. The summed E-state index contributed by atoms with van der Waals surface area (Å²) in [5.74, 6) is 0.187. The fourth-order valence-electron chi connectivity index (χ4n) is 2.71. The number of nitrogens with zero attached hydrogens (tertiary/aromatic N) is 4. The van der Waals surface area contributed by atoms with Crippen LogP contribution in [0, 0.1) is 5.41 Å². The summed E-state index contributed by atoms with van der Waals surface area (Å²) in [6, 6.07) is 9.10. The Kier molecular flexibility index (Phi) is 3.24. The van der Waals surface area contributed by atoms with E-state index in [0.29, 0.717) is 11.5 Å². The topological polar surface area (TPSA) is 110 Å². The van der Waals surface area contributed by atoms with E-state index < -0.39 is 5.56 Å². The maximum absolute atomic E-state index is 12.4. The SMILES string of the molecule is Cn1ccnc1/C=c1/c(=O)[nH]c(O)c2c1=NN(c1ccccc1)C2=N. The first-order chi connectivity index (χ1) is 12.1. The number of nitrogens with one attached hydrogen (secondary N) is 2. The van der Waals surface area contributed by atoms with Crippen LogP contribution < -0.4 is 21.1 Å². The number of rotatable bonds is 2. The van der Waals surface area contributed by atoms with Gasteiger partial charge in [-0.3, -0.25) is 15.2 Å². The Morgan fingerprint density at radius 1 is 1.28 bits per heavy atom. The molecule has 1 aliphatic heterocycles. The number of aromatic amines is 1. The molecule has 8 nitrogen and oxygen atoms in total. The highest BCUT2D eigenvalue weighted by atomic mass is 16.3. The van der Waals surface area contributed by atoms with Crippen LogP contribution in [0.5, 0.6) is 5.88 Å². The molecule has 8 heteroatoms. The summed E-state index contributed by atoms with van der Waals surface area (Å²) in [5.41, 5.74) is 0.355. The third-order valence-electron chi connectivity index (χ3n) is 3.99. The molecule has 2 aromatic heterocycles. The van der Waals surface area contributed by atoms with Crippen molar-refractivity contribution in [3.8, 4) is 5.88 Å². The molecule has 0 fully saturated rings. The molecule has 0 bridgehead atoms. The van der Waals surface area contributed by atoms with E-state index in [2.05, 4.69) is 15.1 Å². The van der Waals surface area contributed by atoms with E-state index in [-0.39, 0.29) is 27.9 Å². The number of aromatic hydroxyl groups is 1. The van der Waals surface area contributed by atoms with Crippen molar-refractivity contribution < 1.29 is 5.11 Å². The molecule has 0 unspecified atom stereocenters. The number of aryl methyl sites for hydroxylation is 1. The molecule has 25 heavy (non-hydrogen) atoms. The second-order valence-corrected chi connectivity index (χ2v) is 5.58. The van der Waals surface area contributed by atoms with E-state index in [9.17, 15) is 9.90 Å². The lowest BCUT2D eigenvalue weighted by Gasteiger charge is -2.13. The molecule has 0 aliphatic carbocycles. The van der Waals surface area contributed by atoms with Crippen molar-refractivity contribution in [2.45, 2.75) is 0 Å². The van der Waals surface area contributed by atoms with Crippen molar-refractivity contribution in [2.75, 3.05) is 5.01 Å². The normalized spacial score (nSPS) is 13.9. The van der Waals surface area contributed by atoms with Gasteiger partial charge in [-0.2, -0.15) is 5.10 Å². The van der Waals surface area contributed by atoms with Crippen LogP contribution >= 0.6 is 0 Å². The average Bonchev–Trinajstić information content (AvgIpc) is 3.16. The van der Waals surface area contributed by atoms with Crippen molar-refractivity contribution in [1.29, 1.82) is 5.41 Å². The maximum atomic E-state index is 12.4. The minimum Gasteiger partial charge on any atom is -0.494 e. The molecule has 0 atom stereocenters. The fraction of sp³-hybridized carbons (Fsp3) is 0.0588. The fourth-order valence-corrected chi connectivity index (χ4v) is 2.71. The maximum Gasteiger partial charge on any atom is 0.260 e. The summed E-state index contributed by atoms with van der Waals surface area (Å²) in [4.78, 5) is 18.9. The molecule has 1 aromatic carbocycles. The molecule has 4 rings (SSSR count). The van der Waals surface area contributed by atoms with Crippen molar-refractivity contribution in [3.05, 3.63) is 75.0 Å². The number of imidazole rings is 1. The van der Waals surface area contributed by atoms with Crippen LogP contribution in [-0.2, 0) is 7.05 Å². The molecule has 0 spiro atoms. The molecule has 3 heterocycles. The lowest BCUT2D eigenvalue weighted by Crippen LogP contribution is -2.42. The first-order valence-electron chi connectivity index (χ1n) is 7.53. The third kappa shape index (κ3) is 2.31. The van der Waals surface area contributed by atoms with E-state index >= 15 is 0 Å². The molecule has 0 amide bonds. The minimum atomic E-state index is -0.495. The second kappa shape index (κ2) is 5.45. The van der Waals surface area contributed by atoms with Crippen LogP contribution in [0.2, 0.25) is 0 Å². The van der Waals surface area contributed by atoms with Crippen LogP contribution in [0.4, 0.5) is 5.69 Å². The Morgan fingerprint density at radius 2 is 2.04 bits per heavy atom. The largest absolute Gasteiger partial charge is 0.494 e. The number of amidine groups is 1. The van der Waals surface area contributed by atoms with Gasteiger partial charge in [-0.05, 0) is 18.2 Å². The zero-order chi connectivity index (χ0) is 17.6. The van der Waals surface area contributed by atoms with Gasteiger partial charge in [0.05, 0.1) is 10.9 Å². The summed E-state index contributed by atoms with van der Waals surface area (Å²) < 4.78 is 1.76. The van der Waals surface area contributed by atoms with Gasteiger partial charge in [0, 0.05) is 19.4 Å². The number of hydrogen-bond acceptors (Lipinski definition) is 5. The number of H-pyrrole nitrogens is 1. The highest BCUT2D eigenvalue weighted by Crippen LogP contribution is 2.21. The van der Waals surface area contributed by atoms with E-state index in [1.165, 1.54) is 5.01 Å². The zero-order valence-corrected chi connectivity index (χ0v) is 13.3. The molecular weight excluding hydrogens is 320 g/mol. The average molecular weight is 334 g/mol. The first kappa shape index (κ1) is 14.9. The van der Waals surface area contributed by atoms with Crippen molar-refractivity contribution >= 4 is 17.6 Å². The smallest absolute Gasteiger partial charge is 0.260 e. The van der Waals surface area contributed by atoms with Gasteiger partial charge in [0.25, 0.3) is 5.56 Å². The Morgan fingerprint density at radius 3 is 2.72 bits per heavy atom. The molecule has 0 saturated heterocycles. The summed E-state index contributed by atoms with van der Waals surface area (Å²) >= 11 is 0. The molecule has 3 N–H and O–H groups in total. The standard InChI is InChI=1S/C17H14N6O2/c1-22-8-7-19-12(22)9-11-14-13(17(25)20-16(11)24)15(18)23(21-14)10-5-3-2-4-6-10/h2-9,18,25H,1H3,(H,20,24)/b11-9+,18-15?. The monoisotopic (exact) mass is 334 g/mol. The van der Waals surface area contributed by atoms with Gasteiger partial charge in [-0.1, -0.05) is 18.2 Å². The molecule has 0 saturated carbocycles. The van der Waals surface area contributed by atoms with Gasteiger partial charge in [0.2, 0.25) is 5.88 Å². The molecule has 124 valence electrons. The summed E-state index contributed by atoms with van der Waals surface area (Å²) in [7, 11) is 1.81. The molecule has 1 aliphatic rings. The Balaban J connectivity index is 2.02. The quantitative estimate of drug-likeness (QED) is 0.614. The molecule has 3 aromatic rings. The highest BCUT2D eigenvalue weighted by molar-refractivity contribution is 6.10. The highest BCUT2D eigenvalue weighted by Gasteiger charge is 2.26. The number of hydrogen-bond donors (Lipinski definition) is 3. The van der Waals surface area contributed by atoms with Crippen LogP contribution in [0.15, 0.2) is 52.6 Å². The van der Waals surface area contributed by atoms with Crippen molar-refractivity contribution in [1.82, 2.24) is 14.5 Å².